The minimum atomic E-state index is -0.397. The zero-order valence-electron chi connectivity index (χ0n) is 17.3. The van der Waals surface area contributed by atoms with Gasteiger partial charge in [-0.15, -0.1) is 0 Å². The molecule has 1 aliphatic rings. The first-order chi connectivity index (χ1) is 15.0. The number of hydrogen-bond acceptors (Lipinski definition) is 7. The van der Waals surface area contributed by atoms with Crippen molar-refractivity contribution in [3.05, 3.63) is 58.5 Å². The third kappa shape index (κ3) is 5.00. The van der Waals surface area contributed by atoms with Gasteiger partial charge in [-0.25, -0.2) is 0 Å². The molecule has 0 aliphatic carbocycles. The van der Waals surface area contributed by atoms with Crippen molar-refractivity contribution >= 4 is 34.9 Å². The molecule has 1 heterocycles. The number of carbonyl (C=O) groups is 3. The molecule has 0 aromatic heterocycles. The van der Waals surface area contributed by atoms with Gasteiger partial charge in [0.05, 0.1) is 26.2 Å². The molecule has 1 N–H and O–H groups in total. The van der Waals surface area contributed by atoms with E-state index in [1.807, 2.05) is 30.3 Å². The summed E-state index contributed by atoms with van der Waals surface area (Å²) in [6.07, 6.45) is 1.68. The number of carbonyl (C=O) groups excluding carboxylic acids is 3. The second kappa shape index (κ2) is 10.0. The van der Waals surface area contributed by atoms with Crippen LogP contribution < -0.4 is 19.5 Å². The molecule has 8 nitrogen and oxygen atoms in total. The van der Waals surface area contributed by atoms with Gasteiger partial charge in [-0.2, -0.15) is 0 Å². The van der Waals surface area contributed by atoms with Crippen LogP contribution in [0.2, 0.25) is 0 Å². The summed E-state index contributed by atoms with van der Waals surface area (Å²) in [6, 6.07) is 12.3. The van der Waals surface area contributed by atoms with Gasteiger partial charge in [-0.3, -0.25) is 19.3 Å². The van der Waals surface area contributed by atoms with Crippen LogP contribution >= 0.6 is 11.8 Å². The Hall–Kier alpha value is -3.46. The lowest BCUT2D eigenvalue weighted by atomic mass is 10.1. The van der Waals surface area contributed by atoms with Crippen LogP contribution in [-0.4, -0.2) is 56.4 Å². The highest BCUT2D eigenvalue weighted by Gasteiger charge is 2.34. The topological polar surface area (TPSA) is 94.2 Å². The van der Waals surface area contributed by atoms with Crippen LogP contribution in [-0.2, 0) is 4.79 Å². The fourth-order valence-corrected chi connectivity index (χ4v) is 3.85. The van der Waals surface area contributed by atoms with Crippen LogP contribution in [0.4, 0.5) is 4.79 Å². The molecule has 0 spiro atoms. The van der Waals surface area contributed by atoms with E-state index < -0.39 is 5.91 Å². The lowest BCUT2D eigenvalue weighted by molar-refractivity contribution is -0.122. The Morgan fingerprint density at radius 3 is 2.26 bits per heavy atom. The summed E-state index contributed by atoms with van der Waals surface area (Å²) >= 11 is 0.885. The van der Waals surface area contributed by atoms with E-state index >= 15 is 0 Å². The summed E-state index contributed by atoms with van der Waals surface area (Å²) in [5, 5.41) is 2.34. The average Bonchev–Trinajstić information content (AvgIpc) is 3.05. The van der Waals surface area contributed by atoms with Crippen LogP contribution in [0, 0.1) is 0 Å². The number of benzene rings is 2. The van der Waals surface area contributed by atoms with Crippen molar-refractivity contribution in [1.29, 1.82) is 0 Å². The summed E-state index contributed by atoms with van der Waals surface area (Å²) < 4.78 is 15.8. The van der Waals surface area contributed by atoms with E-state index in [4.69, 9.17) is 14.2 Å². The number of nitrogens with one attached hydrogen (secondary N) is 1. The Morgan fingerprint density at radius 2 is 1.68 bits per heavy atom. The van der Waals surface area contributed by atoms with Gasteiger partial charge >= 0.3 is 0 Å². The molecule has 1 aliphatic heterocycles. The van der Waals surface area contributed by atoms with Gasteiger partial charge in [0.25, 0.3) is 17.1 Å². The molecule has 1 saturated heterocycles. The molecule has 0 radical (unpaired) electrons. The van der Waals surface area contributed by atoms with Crippen molar-refractivity contribution in [2.24, 2.45) is 0 Å². The fraction of sp³-hybridized carbons (Fsp3) is 0.227. The first-order valence-electron chi connectivity index (χ1n) is 9.37. The largest absolute Gasteiger partial charge is 0.493 e. The Labute approximate surface area is 184 Å². The number of methoxy groups -OCH3 is 3. The lowest BCUT2D eigenvalue weighted by Gasteiger charge is -2.15. The van der Waals surface area contributed by atoms with E-state index in [0.29, 0.717) is 27.7 Å². The predicted molar refractivity (Wildman–Crippen MR) is 118 cm³/mol. The Morgan fingerprint density at radius 1 is 1.03 bits per heavy atom. The first kappa shape index (κ1) is 22.2. The van der Waals surface area contributed by atoms with Crippen LogP contribution in [0.15, 0.2) is 47.4 Å². The van der Waals surface area contributed by atoms with E-state index in [9.17, 15) is 14.4 Å². The van der Waals surface area contributed by atoms with Gasteiger partial charge < -0.3 is 19.5 Å². The normalized spacial score (nSPS) is 14.7. The Balaban J connectivity index is 1.64. The highest BCUT2D eigenvalue weighted by atomic mass is 32.2. The first-order valence-corrected chi connectivity index (χ1v) is 10.2. The van der Waals surface area contributed by atoms with Crippen molar-refractivity contribution in [3.8, 4) is 17.2 Å². The van der Waals surface area contributed by atoms with Crippen molar-refractivity contribution in [3.63, 3.8) is 0 Å². The monoisotopic (exact) mass is 442 g/mol. The molecule has 2 aromatic carbocycles. The third-order valence-electron chi connectivity index (χ3n) is 4.52. The molecule has 0 unspecified atom stereocenters. The van der Waals surface area contributed by atoms with Crippen molar-refractivity contribution < 1.29 is 28.6 Å². The minimum Gasteiger partial charge on any atom is -0.493 e. The third-order valence-corrected chi connectivity index (χ3v) is 5.43. The van der Waals surface area contributed by atoms with E-state index in [0.717, 1.165) is 22.2 Å². The van der Waals surface area contributed by atoms with Gasteiger partial charge in [-0.05, 0) is 35.5 Å². The molecular formula is C22H22N2O6S. The number of amides is 3. The maximum Gasteiger partial charge on any atom is 0.293 e. The number of thioether (sulfide) groups is 1. The van der Waals surface area contributed by atoms with Gasteiger partial charge in [0.2, 0.25) is 5.75 Å². The molecule has 0 saturated carbocycles. The summed E-state index contributed by atoms with van der Waals surface area (Å²) in [4.78, 5) is 38.8. The number of ether oxygens (including phenoxy) is 3. The van der Waals surface area contributed by atoms with E-state index in [1.165, 1.54) is 33.5 Å². The summed E-state index contributed by atoms with van der Waals surface area (Å²) in [5.41, 5.74) is 1.14. The lowest BCUT2D eigenvalue weighted by Crippen LogP contribution is -2.37. The summed E-state index contributed by atoms with van der Waals surface area (Å²) in [5.74, 6) is 0.310. The molecule has 31 heavy (non-hydrogen) atoms. The molecule has 9 heteroatoms. The van der Waals surface area contributed by atoms with Gasteiger partial charge in [0.15, 0.2) is 11.5 Å². The maximum atomic E-state index is 12.6. The summed E-state index contributed by atoms with van der Waals surface area (Å²) in [7, 11) is 4.40. The second-order valence-electron chi connectivity index (χ2n) is 6.41. The fourth-order valence-electron chi connectivity index (χ4n) is 2.99. The molecule has 3 rings (SSSR count). The predicted octanol–water partition coefficient (Wildman–Crippen LogP) is 3.18. The van der Waals surface area contributed by atoms with Crippen LogP contribution in [0.5, 0.6) is 17.2 Å². The van der Waals surface area contributed by atoms with E-state index in [1.54, 1.807) is 6.08 Å². The Bertz CT molecular complexity index is 997. The van der Waals surface area contributed by atoms with Crippen LogP contribution in [0.1, 0.15) is 15.9 Å². The van der Waals surface area contributed by atoms with Crippen molar-refractivity contribution in [2.75, 3.05) is 34.4 Å². The van der Waals surface area contributed by atoms with Crippen molar-refractivity contribution in [2.45, 2.75) is 0 Å². The number of hydrogen-bond donors (Lipinski definition) is 1. The van der Waals surface area contributed by atoms with Gasteiger partial charge in [-0.1, -0.05) is 30.3 Å². The number of rotatable bonds is 8. The quantitative estimate of drug-likeness (QED) is 0.628. The molecule has 0 bridgehead atoms. The highest BCUT2D eigenvalue weighted by Crippen LogP contribution is 2.38. The van der Waals surface area contributed by atoms with Crippen molar-refractivity contribution in [1.82, 2.24) is 10.2 Å². The smallest absolute Gasteiger partial charge is 0.293 e. The molecule has 1 fully saturated rings. The standard InChI is InChI=1S/C22H22N2O6S/c1-28-16-12-15(13-17(29-2)19(16)30-3)20(25)23-9-10-24-21(26)18(31-22(24)27)11-14-7-5-4-6-8-14/h4-8,11-13H,9-10H2,1-3H3,(H,23,25)/b18-11-. The Kier molecular flexibility index (Phi) is 7.19. The van der Waals surface area contributed by atoms with E-state index in [2.05, 4.69) is 5.32 Å². The SMILES string of the molecule is COc1cc(C(=O)NCCN2C(=O)S/C(=C\c3ccccc3)C2=O)cc(OC)c1OC. The molecule has 0 atom stereocenters. The van der Waals surface area contributed by atoms with Gasteiger partial charge in [0, 0.05) is 18.7 Å². The maximum absolute atomic E-state index is 12.6. The molecule has 3 amide bonds. The van der Waals surface area contributed by atoms with Crippen LogP contribution in [0.25, 0.3) is 6.08 Å². The average molecular weight is 442 g/mol. The van der Waals surface area contributed by atoms with Crippen LogP contribution in [0.3, 0.4) is 0 Å². The molecule has 2 aromatic rings. The summed E-state index contributed by atoms with van der Waals surface area (Å²) in [6.45, 7) is 0.166. The second-order valence-corrected chi connectivity index (χ2v) is 7.41. The number of nitrogens with zero attached hydrogens (tertiary/aromatic N) is 1. The minimum absolute atomic E-state index is 0.0625. The molecular weight excluding hydrogens is 420 g/mol. The zero-order valence-corrected chi connectivity index (χ0v) is 18.2. The zero-order chi connectivity index (χ0) is 22.4. The number of imide groups is 1. The van der Waals surface area contributed by atoms with Gasteiger partial charge in [0.1, 0.15) is 0 Å². The molecule has 162 valence electrons. The highest BCUT2D eigenvalue weighted by molar-refractivity contribution is 8.18. The van der Waals surface area contributed by atoms with E-state index in [-0.39, 0.29) is 24.2 Å².